The zero-order valence-corrected chi connectivity index (χ0v) is 17.5. The maximum absolute atomic E-state index is 5.92. The number of aliphatic imine (C=N–C) groups is 1. The molecule has 0 aromatic carbocycles. The van der Waals surface area contributed by atoms with Gasteiger partial charge in [-0.3, -0.25) is 0 Å². The first kappa shape index (κ1) is 20.2. The van der Waals surface area contributed by atoms with Gasteiger partial charge in [-0.15, -0.1) is 24.0 Å². The summed E-state index contributed by atoms with van der Waals surface area (Å²) in [5.74, 6) is 2.31. The molecule has 140 valence electrons. The van der Waals surface area contributed by atoms with Crippen LogP contribution < -0.4 is 16.0 Å². The Bertz CT molecular complexity index is 551. The summed E-state index contributed by atoms with van der Waals surface area (Å²) in [6.07, 6.45) is 6.34. The Labute approximate surface area is 167 Å². The summed E-state index contributed by atoms with van der Waals surface area (Å²) < 4.78 is 5.77. The van der Waals surface area contributed by atoms with E-state index in [0.29, 0.717) is 12.5 Å². The summed E-state index contributed by atoms with van der Waals surface area (Å²) in [5.41, 5.74) is 6.99. The van der Waals surface area contributed by atoms with Gasteiger partial charge >= 0.3 is 0 Å². The number of aromatic nitrogens is 1. The molecule has 2 atom stereocenters. The Morgan fingerprint density at radius 3 is 2.60 bits per heavy atom. The molecule has 1 aliphatic carbocycles. The zero-order chi connectivity index (χ0) is 16.9. The minimum atomic E-state index is 0. The van der Waals surface area contributed by atoms with Crippen molar-refractivity contribution in [1.29, 1.82) is 0 Å². The third-order valence-corrected chi connectivity index (χ3v) is 4.78. The lowest BCUT2D eigenvalue weighted by molar-refractivity contribution is -0.00545. The van der Waals surface area contributed by atoms with E-state index in [1.54, 1.807) is 0 Å². The highest BCUT2D eigenvalue weighted by Gasteiger charge is 2.23. The van der Waals surface area contributed by atoms with E-state index in [0.717, 1.165) is 36.9 Å². The van der Waals surface area contributed by atoms with Gasteiger partial charge in [0.2, 0.25) is 0 Å². The van der Waals surface area contributed by atoms with Crippen LogP contribution in [0, 0.1) is 5.92 Å². The van der Waals surface area contributed by atoms with Gasteiger partial charge in [-0.25, -0.2) is 9.98 Å². The molecule has 25 heavy (non-hydrogen) atoms. The van der Waals surface area contributed by atoms with E-state index >= 15 is 0 Å². The van der Waals surface area contributed by atoms with Crippen LogP contribution in [0.25, 0.3) is 0 Å². The van der Waals surface area contributed by atoms with Crippen molar-refractivity contribution in [3.63, 3.8) is 0 Å². The molecular formula is C18H30IN5O. The van der Waals surface area contributed by atoms with Crippen LogP contribution in [0.1, 0.15) is 38.7 Å². The van der Waals surface area contributed by atoms with Crippen molar-refractivity contribution in [2.75, 3.05) is 24.5 Å². The van der Waals surface area contributed by atoms with Crippen LogP contribution in [-0.4, -0.2) is 42.8 Å². The number of nitrogens with zero attached hydrogens (tertiary/aromatic N) is 3. The normalized spacial score (nSPS) is 24.4. The van der Waals surface area contributed by atoms with E-state index < -0.39 is 0 Å². The van der Waals surface area contributed by atoms with Crippen molar-refractivity contribution in [2.24, 2.45) is 16.6 Å². The molecule has 6 nitrogen and oxygen atoms in total. The first-order chi connectivity index (χ1) is 11.6. The van der Waals surface area contributed by atoms with Gasteiger partial charge in [-0.1, -0.05) is 12.5 Å². The molecule has 3 rings (SSSR count). The number of hydrogen-bond acceptors (Lipinski definition) is 4. The van der Waals surface area contributed by atoms with Crippen molar-refractivity contribution in [3.05, 3.63) is 23.9 Å². The number of morpholine rings is 1. The largest absolute Gasteiger partial charge is 0.372 e. The second kappa shape index (κ2) is 9.56. The van der Waals surface area contributed by atoms with Crippen molar-refractivity contribution in [1.82, 2.24) is 10.3 Å². The first-order valence-electron chi connectivity index (χ1n) is 8.99. The first-order valence-corrected chi connectivity index (χ1v) is 8.99. The number of halogens is 1. The molecule has 1 aromatic heterocycles. The monoisotopic (exact) mass is 459 g/mol. The van der Waals surface area contributed by atoms with Gasteiger partial charge in [-0.05, 0) is 44.2 Å². The van der Waals surface area contributed by atoms with E-state index in [2.05, 4.69) is 46.2 Å². The second-order valence-electron chi connectivity index (χ2n) is 7.07. The van der Waals surface area contributed by atoms with E-state index in [9.17, 15) is 0 Å². The van der Waals surface area contributed by atoms with Crippen LogP contribution in [0.3, 0.4) is 0 Å². The summed E-state index contributed by atoms with van der Waals surface area (Å²) in [5, 5.41) is 3.21. The number of pyridine rings is 1. The molecule has 1 saturated carbocycles. The molecule has 0 amide bonds. The fourth-order valence-corrected chi connectivity index (χ4v) is 3.24. The molecule has 0 spiro atoms. The number of nitrogens with two attached hydrogens (primary N) is 1. The molecular weight excluding hydrogens is 429 g/mol. The van der Waals surface area contributed by atoms with Crippen LogP contribution in [0.2, 0.25) is 0 Å². The number of hydrogen-bond donors (Lipinski definition) is 2. The Morgan fingerprint density at radius 2 is 2.04 bits per heavy atom. The Kier molecular flexibility index (Phi) is 7.74. The lowest BCUT2D eigenvalue weighted by Crippen LogP contribution is -2.45. The summed E-state index contributed by atoms with van der Waals surface area (Å²) in [7, 11) is 0. The van der Waals surface area contributed by atoms with Gasteiger partial charge in [0.15, 0.2) is 5.96 Å². The fraction of sp³-hybridized carbons (Fsp3) is 0.667. The fourth-order valence-electron chi connectivity index (χ4n) is 3.24. The minimum Gasteiger partial charge on any atom is -0.372 e. The van der Waals surface area contributed by atoms with Crippen LogP contribution in [0.5, 0.6) is 0 Å². The Balaban J connectivity index is 0.00000225. The summed E-state index contributed by atoms with van der Waals surface area (Å²) in [4.78, 5) is 11.3. The van der Waals surface area contributed by atoms with Crippen molar-refractivity contribution in [3.8, 4) is 0 Å². The topological polar surface area (TPSA) is 75.8 Å². The van der Waals surface area contributed by atoms with Crippen molar-refractivity contribution in [2.45, 2.75) is 51.9 Å². The van der Waals surface area contributed by atoms with Gasteiger partial charge in [0.05, 0.1) is 18.8 Å². The number of ether oxygens (including phenoxy) is 1. The van der Waals surface area contributed by atoms with Crippen LogP contribution >= 0.6 is 24.0 Å². The van der Waals surface area contributed by atoms with Crippen LogP contribution in [0.15, 0.2) is 23.3 Å². The molecule has 2 heterocycles. The Hall–Kier alpha value is -1.09. The van der Waals surface area contributed by atoms with Crippen LogP contribution in [0.4, 0.5) is 5.82 Å². The second-order valence-corrected chi connectivity index (χ2v) is 7.07. The predicted molar refractivity (Wildman–Crippen MR) is 113 cm³/mol. The minimum absolute atomic E-state index is 0. The Morgan fingerprint density at radius 1 is 1.32 bits per heavy atom. The van der Waals surface area contributed by atoms with E-state index in [1.807, 2.05) is 6.20 Å². The lowest BCUT2D eigenvalue weighted by Gasteiger charge is -2.36. The molecule has 2 unspecified atom stereocenters. The average Bonchev–Trinajstić information content (AvgIpc) is 2.51. The van der Waals surface area contributed by atoms with E-state index in [-0.39, 0.29) is 36.2 Å². The highest BCUT2D eigenvalue weighted by molar-refractivity contribution is 14.0. The van der Waals surface area contributed by atoms with Gasteiger partial charge in [0.1, 0.15) is 5.82 Å². The molecule has 7 heteroatoms. The molecule has 1 saturated heterocycles. The van der Waals surface area contributed by atoms with E-state index in [1.165, 1.54) is 19.3 Å². The molecule has 2 fully saturated rings. The smallest absolute Gasteiger partial charge is 0.188 e. The molecule has 0 radical (unpaired) electrons. The van der Waals surface area contributed by atoms with E-state index in [4.69, 9.17) is 10.5 Å². The molecule has 3 N–H and O–H groups in total. The maximum Gasteiger partial charge on any atom is 0.188 e. The quantitative estimate of drug-likeness (QED) is 0.402. The third kappa shape index (κ3) is 5.99. The number of nitrogens with one attached hydrogen (secondary N) is 1. The average molecular weight is 459 g/mol. The maximum atomic E-state index is 5.92. The highest BCUT2D eigenvalue weighted by atomic mass is 127. The van der Waals surface area contributed by atoms with Crippen molar-refractivity contribution < 1.29 is 4.74 Å². The number of guanidine groups is 1. The molecule has 1 aromatic rings. The SMILES string of the molecule is CC1CN(c2ccc(CN=C(N)NCC3CCC3)cn2)CC(C)O1.I. The number of rotatable bonds is 5. The van der Waals surface area contributed by atoms with Gasteiger partial charge < -0.3 is 20.7 Å². The summed E-state index contributed by atoms with van der Waals surface area (Å²) >= 11 is 0. The zero-order valence-electron chi connectivity index (χ0n) is 15.1. The van der Waals surface area contributed by atoms with Gasteiger partial charge in [0.25, 0.3) is 0 Å². The molecule has 2 aliphatic rings. The van der Waals surface area contributed by atoms with Gasteiger partial charge in [-0.2, -0.15) is 0 Å². The molecule has 1 aliphatic heterocycles. The lowest BCUT2D eigenvalue weighted by atomic mass is 9.85. The van der Waals surface area contributed by atoms with Crippen molar-refractivity contribution >= 4 is 35.8 Å². The predicted octanol–water partition coefficient (Wildman–Crippen LogP) is 2.52. The highest BCUT2D eigenvalue weighted by Crippen LogP contribution is 2.25. The summed E-state index contributed by atoms with van der Waals surface area (Å²) in [6.45, 7) is 7.47. The van der Waals surface area contributed by atoms with Crippen LogP contribution in [-0.2, 0) is 11.3 Å². The number of anilines is 1. The standard InChI is InChI=1S/C18H29N5O.HI/c1-13-11-23(12-14(2)24-13)17-7-6-16(9-20-17)10-22-18(19)21-8-15-4-3-5-15;/h6-7,9,13-15H,3-5,8,10-12H2,1-2H3,(H3,19,21,22);1H. The molecule has 0 bridgehead atoms. The summed E-state index contributed by atoms with van der Waals surface area (Å²) in [6, 6.07) is 4.14. The third-order valence-electron chi connectivity index (χ3n) is 4.78. The van der Waals surface area contributed by atoms with Gasteiger partial charge in [0, 0.05) is 25.8 Å².